The van der Waals surface area contributed by atoms with Gasteiger partial charge in [-0.1, -0.05) is 0 Å². The summed E-state index contributed by atoms with van der Waals surface area (Å²) in [4.78, 5) is 4.84. The van der Waals surface area contributed by atoms with Crippen molar-refractivity contribution in [3.05, 3.63) is 29.6 Å². The molecular weight excluding hydrogens is 250 g/mol. The molecule has 1 saturated heterocycles. The zero-order valence-electron chi connectivity index (χ0n) is 11.4. The molecule has 4 heteroatoms. The van der Waals surface area contributed by atoms with Gasteiger partial charge in [-0.05, 0) is 43.9 Å². The van der Waals surface area contributed by atoms with E-state index in [-0.39, 0.29) is 0 Å². The van der Waals surface area contributed by atoms with Crippen LogP contribution in [0.5, 0.6) is 0 Å². The van der Waals surface area contributed by atoms with Crippen LogP contribution in [0.25, 0.3) is 11.0 Å². The molecule has 2 fully saturated rings. The standard InChI is InChI=1S/C16H17N3O/c17-9-11-3-6-15-14(8-11)18-16(19(15)13-4-5-13)12-2-1-7-20-10-12/h3,6,8,12-13H,1-2,4-5,7,10H2. The van der Waals surface area contributed by atoms with Gasteiger partial charge in [0.25, 0.3) is 0 Å². The van der Waals surface area contributed by atoms with E-state index in [4.69, 9.17) is 15.0 Å². The molecule has 0 spiro atoms. The molecule has 1 aromatic heterocycles. The first kappa shape index (κ1) is 11.9. The van der Waals surface area contributed by atoms with Crippen LogP contribution in [0.15, 0.2) is 18.2 Å². The second kappa shape index (κ2) is 4.60. The fraction of sp³-hybridized carbons (Fsp3) is 0.500. The molecule has 2 aromatic rings. The molecule has 0 N–H and O–H groups in total. The van der Waals surface area contributed by atoms with Crippen LogP contribution in [0.1, 0.15) is 49.0 Å². The van der Waals surface area contributed by atoms with E-state index in [9.17, 15) is 0 Å². The van der Waals surface area contributed by atoms with Crippen LogP contribution in [-0.2, 0) is 4.74 Å². The number of hydrogen-bond acceptors (Lipinski definition) is 3. The van der Waals surface area contributed by atoms with E-state index >= 15 is 0 Å². The Morgan fingerprint density at radius 1 is 1.30 bits per heavy atom. The lowest BCUT2D eigenvalue weighted by Gasteiger charge is -2.22. The maximum absolute atomic E-state index is 9.04. The van der Waals surface area contributed by atoms with Crippen LogP contribution in [0.3, 0.4) is 0 Å². The summed E-state index contributed by atoms with van der Waals surface area (Å²) in [5.41, 5.74) is 2.81. The molecule has 0 bridgehead atoms. The second-order valence-corrected chi connectivity index (χ2v) is 5.80. The lowest BCUT2D eigenvalue weighted by molar-refractivity contribution is 0.0771. The Bertz CT molecular complexity index is 688. The summed E-state index contributed by atoms with van der Waals surface area (Å²) in [6, 6.07) is 8.65. The fourth-order valence-electron chi connectivity index (χ4n) is 3.14. The predicted octanol–water partition coefficient (Wildman–Crippen LogP) is 3.14. The highest BCUT2D eigenvalue weighted by Crippen LogP contribution is 2.41. The van der Waals surface area contributed by atoms with E-state index in [1.165, 1.54) is 18.4 Å². The first-order valence-corrected chi connectivity index (χ1v) is 7.36. The van der Waals surface area contributed by atoms with Gasteiger partial charge in [0.1, 0.15) is 5.82 Å². The molecule has 2 heterocycles. The molecular formula is C16H17N3O. The number of benzene rings is 1. The summed E-state index contributed by atoms with van der Waals surface area (Å²) < 4.78 is 8.03. The minimum absolute atomic E-state index is 0.405. The first-order valence-electron chi connectivity index (χ1n) is 7.36. The van der Waals surface area contributed by atoms with E-state index in [1.807, 2.05) is 18.2 Å². The van der Waals surface area contributed by atoms with Crippen molar-refractivity contribution in [2.75, 3.05) is 13.2 Å². The van der Waals surface area contributed by atoms with E-state index < -0.39 is 0 Å². The Kier molecular flexibility index (Phi) is 2.75. The summed E-state index contributed by atoms with van der Waals surface area (Å²) in [5, 5.41) is 9.04. The summed E-state index contributed by atoms with van der Waals surface area (Å²) in [5.74, 6) is 1.57. The van der Waals surface area contributed by atoms with Crippen LogP contribution < -0.4 is 0 Å². The largest absolute Gasteiger partial charge is 0.381 e. The number of nitrogens with zero attached hydrogens (tertiary/aromatic N) is 3. The lowest BCUT2D eigenvalue weighted by Crippen LogP contribution is -2.19. The Hall–Kier alpha value is -1.86. The topological polar surface area (TPSA) is 50.8 Å². The molecule has 20 heavy (non-hydrogen) atoms. The van der Waals surface area contributed by atoms with E-state index in [0.717, 1.165) is 37.4 Å². The molecule has 1 aliphatic carbocycles. The normalized spacial score (nSPS) is 22.9. The quantitative estimate of drug-likeness (QED) is 0.840. The number of rotatable bonds is 2. The Morgan fingerprint density at radius 2 is 2.20 bits per heavy atom. The van der Waals surface area contributed by atoms with Crippen molar-refractivity contribution in [1.29, 1.82) is 5.26 Å². The molecule has 2 aliphatic rings. The van der Waals surface area contributed by atoms with Crippen LogP contribution in [-0.4, -0.2) is 22.8 Å². The number of fused-ring (bicyclic) bond motifs is 1. The smallest absolute Gasteiger partial charge is 0.115 e. The maximum atomic E-state index is 9.04. The van der Waals surface area contributed by atoms with Crippen LogP contribution in [0.2, 0.25) is 0 Å². The van der Waals surface area contributed by atoms with Crippen molar-refractivity contribution in [2.45, 2.75) is 37.6 Å². The van der Waals surface area contributed by atoms with E-state index in [0.29, 0.717) is 17.5 Å². The second-order valence-electron chi connectivity index (χ2n) is 5.80. The van der Waals surface area contributed by atoms with Gasteiger partial charge in [-0.15, -0.1) is 0 Å². The van der Waals surface area contributed by atoms with Crippen molar-refractivity contribution < 1.29 is 4.74 Å². The lowest BCUT2D eigenvalue weighted by atomic mass is 10.0. The van der Waals surface area contributed by atoms with Gasteiger partial charge in [0.05, 0.1) is 29.3 Å². The number of ether oxygens (including phenoxy) is 1. The third kappa shape index (κ3) is 1.90. The van der Waals surface area contributed by atoms with E-state index in [2.05, 4.69) is 10.6 Å². The van der Waals surface area contributed by atoms with Gasteiger partial charge in [-0.25, -0.2) is 4.98 Å². The highest BCUT2D eigenvalue weighted by Gasteiger charge is 2.31. The summed E-state index contributed by atoms with van der Waals surface area (Å²) in [6.07, 6.45) is 4.75. The molecule has 0 amide bonds. The average Bonchev–Trinajstić information content (AvgIpc) is 3.27. The molecule has 102 valence electrons. The number of hydrogen-bond donors (Lipinski definition) is 0. The maximum Gasteiger partial charge on any atom is 0.115 e. The molecule has 1 saturated carbocycles. The minimum atomic E-state index is 0.405. The number of imidazole rings is 1. The molecule has 1 atom stereocenters. The molecule has 4 nitrogen and oxygen atoms in total. The van der Waals surface area contributed by atoms with Gasteiger partial charge < -0.3 is 9.30 Å². The van der Waals surface area contributed by atoms with Crippen LogP contribution in [0.4, 0.5) is 0 Å². The SMILES string of the molecule is N#Cc1ccc2c(c1)nc(C1CCCOC1)n2C1CC1. The molecule has 4 rings (SSSR count). The molecule has 1 aliphatic heterocycles. The predicted molar refractivity (Wildman–Crippen MR) is 75.5 cm³/mol. The highest BCUT2D eigenvalue weighted by atomic mass is 16.5. The summed E-state index contributed by atoms with van der Waals surface area (Å²) >= 11 is 0. The highest BCUT2D eigenvalue weighted by molar-refractivity contribution is 5.78. The number of aromatic nitrogens is 2. The Morgan fingerprint density at radius 3 is 2.90 bits per heavy atom. The molecule has 0 radical (unpaired) electrons. The van der Waals surface area contributed by atoms with Gasteiger partial charge in [0.15, 0.2) is 0 Å². The number of nitriles is 1. The molecule has 1 aromatic carbocycles. The summed E-state index contributed by atoms with van der Waals surface area (Å²) in [7, 11) is 0. The average molecular weight is 267 g/mol. The Labute approximate surface area is 118 Å². The zero-order chi connectivity index (χ0) is 13.5. The van der Waals surface area contributed by atoms with Gasteiger partial charge in [0, 0.05) is 18.6 Å². The van der Waals surface area contributed by atoms with E-state index in [1.54, 1.807) is 0 Å². The molecule has 1 unspecified atom stereocenters. The Balaban J connectivity index is 1.85. The van der Waals surface area contributed by atoms with Crippen molar-refractivity contribution >= 4 is 11.0 Å². The first-order chi connectivity index (χ1) is 9.86. The fourth-order valence-corrected chi connectivity index (χ4v) is 3.14. The zero-order valence-corrected chi connectivity index (χ0v) is 11.4. The van der Waals surface area contributed by atoms with Crippen molar-refractivity contribution in [2.24, 2.45) is 0 Å². The van der Waals surface area contributed by atoms with Gasteiger partial charge in [-0.2, -0.15) is 5.26 Å². The van der Waals surface area contributed by atoms with Crippen molar-refractivity contribution in [1.82, 2.24) is 9.55 Å². The monoisotopic (exact) mass is 267 g/mol. The summed E-state index contributed by atoms with van der Waals surface area (Å²) in [6.45, 7) is 1.65. The van der Waals surface area contributed by atoms with Gasteiger partial charge in [0.2, 0.25) is 0 Å². The minimum Gasteiger partial charge on any atom is -0.381 e. The van der Waals surface area contributed by atoms with Gasteiger partial charge >= 0.3 is 0 Å². The van der Waals surface area contributed by atoms with Crippen LogP contribution >= 0.6 is 0 Å². The van der Waals surface area contributed by atoms with Crippen LogP contribution in [0, 0.1) is 11.3 Å². The van der Waals surface area contributed by atoms with Crippen molar-refractivity contribution in [3.8, 4) is 6.07 Å². The third-order valence-corrected chi connectivity index (χ3v) is 4.28. The van der Waals surface area contributed by atoms with Gasteiger partial charge in [-0.3, -0.25) is 0 Å². The third-order valence-electron chi connectivity index (χ3n) is 4.28. The van der Waals surface area contributed by atoms with Crippen molar-refractivity contribution in [3.63, 3.8) is 0 Å².